The van der Waals surface area contributed by atoms with E-state index in [-0.39, 0.29) is 11.2 Å². The number of hydrogen-bond acceptors (Lipinski definition) is 3. The maximum absolute atomic E-state index is 11.8. The first kappa shape index (κ1) is 24.8. The van der Waals surface area contributed by atoms with E-state index >= 15 is 0 Å². The van der Waals surface area contributed by atoms with Gasteiger partial charge in [0.15, 0.2) is 11.3 Å². The van der Waals surface area contributed by atoms with Crippen LogP contribution in [0.1, 0.15) is 37.8 Å². The van der Waals surface area contributed by atoms with Gasteiger partial charge >= 0.3 is 0 Å². The maximum Gasteiger partial charge on any atom is 0.183 e. The van der Waals surface area contributed by atoms with Crippen LogP contribution in [-0.2, 0) is 5.41 Å². The van der Waals surface area contributed by atoms with Crippen molar-refractivity contribution in [3.63, 3.8) is 0 Å². The number of aromatic hydroxyl groups is 1. The van der Waals surface area contributed by atoms with E-state index in [1.807, 2.05) is 36.4 Å². The Hall–Kier alpha value is -5.02. The van der Waals surface area contributed by atoms with E-state index in [4.69, 9.17) is 4.42 Å². The Balaban J connectivity index is 1.31. The molecule has 0 saturated carbocycles. The first-order valence-corrected chi connectivity index (χ1v) is 14.6. The number of nitrogens with zero attached hydrogens (tertiary/aromatic N) is 1. The molecule has 1 N–H and O–H groups in total. The van der Waals surface area contributed by atoms with Crippen molar-refractivity contribution in [3.05, 3.63) is 144 Å². The summed E-state index contributed by atoms with van der Waals surface area (Å²) in [5.74, 6) is 0.158. The van der Waals surface area contributed by atoms with E-state index in [9.17, 15) is 5.11 Å². The van der Waals surface area contributed by atoms with Gasteiger partial charge < -0.3 is 14.4 Å². The molecule has 0 bridgehead atoms. The zero-order chi connectivity index (χ0) is 28.4. The highest BCUT2D eigenvalue weighted by molar-refractivity contribution is 6.08. The van der Waals surface area contributed by atoms with Gasteiger partial charge in [0.05, 0.1) is 5.69 Å². The molecular weight excluding hydrogens is 514 g/mol. The minimum absolute atomic E-state index is 0.0921. The van der Waals surface area contributed by atoms with E-state index in [1.54, 1.807) is 0 Å². The van der Waals surface area contributed by atoms with Crippen molar-refractivity contribution in [1.82, 2.24) is 0 Å². The summed E-state index contributed by atoms with van der Waals surface area (Å²) in [6, 6.07) is 40.0. The smallest absolute Gasteiger partial charge is 0.183 e. The van der Waals surface area contributed by atoms with E-state index < -0.39 is 0 Å². The molecule has 1 heterocycles. The molecule has 3 nitrogen and oxygen atoms in total. The van der Waals surface area contributed by atoms with Crippen LogP contribution in [-0.4, -0.2) is 5.11 Å². The van der Waals surface area contributed by atoms with Crippen molar-refractivity contribution in [2.45, 2.75) is 32.1 Å². The molecule has 2 aliphatic carbocycles. The van der Waals surface area contributed by atoms with Crippen LogP contribution < -0.4 is 4.90 Å². The second-order valence-electron chi connectivity index (χ2n) is 11.9. The van der Waals surface area contributed by atoms with Gasteiger partial charge in [-0.3, -0.25) is 0 Å². The van der Waals surface area contributed by atoms with Crippen molar-refractivity contribution < 1.29 is 9.52 Å². The van der Waals surface area contributed by atoms with E-state index in [1.165, 1.54) is 27.8 Å². The fraction of sp³-hybridized carbons (Fsp3) is 0.128. The molecule has 0 unspecified atom stereocenters. The van der Waals surface area contributed by atoms with Gasteiger partial charge in [0.1, 0.15) is 5.58 Å². The van der Waals surface area contributed by atoms with Gasteiger partial charge in [0.25, 0.3) is 0 Å². The molecule has 0 radical (unpaired) electrons. The van der Waals surface area contributed by atoms with Crippen molar-refractivity contribution >= 4 is 38.9 Å². The topological polar surface area (TPSA) is 36.6 Å². The van der Waals surface area contributed by atoms with Crippen LogP contribution in [0.2, 0.25) is 0 Å². The third-order valence-corrected chi connectivity index (χ3v) is 9.13. The molecule has 8 rings (SSSR count). The number of furan rings is 1. The average Bonchev–Trinajstić information content (AvgIpc) is 3.52. The summed E-state index contributed by atoms with van der Waals surface area (Å²) in [6.07, 6.45) is 4.18. The van der Waals surface area contributed by atoms with E-state index in [0.29, 0.717) is 5.58 Å². The van der Waals surface area contributed by atoms with Gasteiger partial charge in [-0.25, -0.2) is 0 Å². The monoisotopic (exact) mass is 545 g/mol. The van der Waals surface area contributed by atoms with E-state index in [2.05, 4.69) is 104 Å². The van der Waals surface area contributed by atoms with Crippen LogP contribution in [0.3, 0.4) is 0 Å². The molecule has 0 aliphatic heterocycles. The summed E-state index contributed by atoms with van der Waals surface area (Å²) in [7, 11) is 0. The molecule has 0 spiro atoms. The fourth-order valence-electron chi connectivity index (χ4n) is 7.00. The van der Waals surface area contributed by atoms with Gasteiger partial charge in [-0.1, -0.05) is 98.8 Å². The van der Waals surface area contributed by atoms with Crippen molar-refractivity contribution in [2.24, 2.45) is 0 Å². The number of fused-ring (bicyclic) bond motifs is 5. The number of phenolic OH excluding ortho intramolecular Hbond substituents is 1. The molecule has 5 aromatic carbocycles. The third kappa shape index (κ3) is 3.66. The molecule has 1 aromatic heterocycles. The standard InChI is InChI=1S/C39H31NO2/c1-39(2)33-14-8-6-12-29(33)30-21-20-28(24-34(30)39)40(27-18-16-26(17-19-27)25-10-4-3-5-11-25)35-23-22-32-31-13-7-9-15-36(31)42-38(32)37(35)41/h3-19,22-24,41H,20-21H2,1-2H3. The Kier molecular flexibility index (Phi) is 5.45. The quantitative estimate of drug-likeness (QED) is 0.239. The summed E-state index contributed by atoms with van der Waals surface area (Å²) < 4.78 is 6.21. The Morgan fingerprint density at radius 2 is 1.40 bits per heavy atom. The molecule has 0 atom stereocenters. The van der Waals surface area contributed by atoms with Gasteiger partial charge in [-0.15, -0.1) is 0 Å². The third-order valence-electron chi connectivity index (χ3n) is 9.13. The summed E-state index contributed by atoms with van der Waals surface area (Å²) in [6.45, 7) is 4.65. The Labute approximate surface area is 245 Å². The Morgan fingerprint density at radius 1 is 0.690 bits per heavy atom. The Bertz CT molecular complexity index is 2060. The van der Waals surface area contributed by atoms with Crippen LogP contribution in [0.15, 0.2) is 137 Å². The number of benzene rings is 5. The lowest BCUT2D eigenvalue weighted by atomic mass is 9.79. The zero-order valence-electron chi connectivity index (χ0n) is 23.8. The molecule has 0 amide bonds. The second-order valence-corrected chi connectivity index (χ2v) is 11.9. The highest BCUT2D eigenvalue weighted by Crippen LogP contribution is 2.53. The molecule has 0 saturated heterocycles. The van der Waals surface area contributed by atoms with Crippen molar-refractivity contribution in [3.8, 4) is 16.9 Å². The number of para-hydroxylation sites is 1. The Morgan fingerprint density at radius 3 is 2.24 bits per heavy atom. The normalized spacial score (nSPS) is 15.5. The van der Waals surface area contributed by atoms with Gasteiger partial charge in [-0.2, -0.15) is 0 Å². The van der Waals surface area contributed by atoms with Crippen molar-refractivity contribution in [1.29, 1.82) is 0 Å². The zero-order valence-corrected chi connectivity index (χ0v) is 23.8. The molecule has 42 heavy (non-hydrogen) atoms. The average molecular weight is 546 g/mol. The fourth-order valence-corrected chi connectivity index (χ4v) is 7.00. The van der Waals surface area contributed by atoms with Crippen LogP contribution in [0, 0.1) is 0 Å². The number of allylic oxidation sites excluding steroid dienone is 4. The highest BCUT2D eigenvalue weighted by Gasteiger charge is 2.38. The van der Waals surface area contributed by atoms with Crippen LogP contribution in [0.4, 0.5) is 11.4 Å². The summed E-state index contributed by atoms with van der Waals surface area (Å²) >= 11 is 0. The number of hydrogen-bond donors (Lipinski definition) is 1. The van der Waals surface area contributed by atoms with Crippen LogP contribution in [0.25, 0.3) is 38.6 Å². The molecular formula is C39H31NO2. The summed E-state index contributed by atoms with van der Waals surface area (Å²) in [5.41, 5.74) is 12.0. The number of rotatable bonds is 4. The molecule has 0 fully saturated rings. The molecule has 3 heteroatoms. The van der Waals surface area contributed by atoms with Crippen LogP contribution >= 0.6 is 0 Å². The molecule has 6 aromatic rings. The summed E-state index contributed by atoms with van der Waals surface area (Å²) in [5, 5.41) is 13.7. The second kappa shape index (κ2) is 9.25. The van der Waals surface area contributed by atoms with Crippen molar-refractivity contribution in [2.75, 3.05) is 4.90 Å². The van der Waals surface area contributed by atoms with Gasteiger partial charge in [0, 0.05) is 27.6 Å². The highest BCUT2D eigenvalue weighted by atomic mass is 16.4. The number of phenols is 1. The largest absolute Gasteiger partial charge is 0.503 e. The first-order chi connectivity index (χ1) is 20.5. The predicted molar refractivity (Wildman–Crippen MR) is 173 cm³/mol. The lowest BCUT2D eigenvalue weighted by Crippen LogP contribution is -2.22. The summed E-state index contributed by atoms with van der Waals surface area (Å²) in [4.78, 5) is 2.22. The minimum atomic E-state index is -0.0921. The lowest BCUT2D eigenvalue weighted by Gasteiger charge is -2.33. The first-order valence-electron chi connectivity index (χ1n) is 14.6. The maximum atomic E-state index is 11.8. The SMILES string of the molecule is CC1(C)C2=C(CCC(N(c3ccc(-c4ccccc4)cc3)c3ccc4c(oc5ccccc54)c3O)=C2)c2ccccc21. The van der Waals surface area contributed by atoms with E-state index in [0.717, 1.165) is 51.8 Å². The molecule has 2 aliphatic rings. The predicted octanol–water partition coefficient (Wildman–Crippen LogP) is 10.5. The minimum Gasteiger partial charge on any atom is -0.503 e. The van der Waals surface area contributed by atoms with Crippen LogP contribution in [0.5, 0.6) is 5.75 Å². The number of anilines is 2. The van der Waals surface area contributed by atoms with Gasteiger partial charge in [-0.05, 0) is 82.6 Å². The van der Waals surface area contributed by atoms with Gasteiger partial charge in [0.2, 0.25) is 0 Å². The lowest BCUT2D eigenvalue weighted by molar-refractivity contribution is 0.469. The molecule has 204 valence electrons.